The molecule has 0 aromatic carbocycles. The van der Waals surface area contributed by atoms with E-state index in [1.165, 1.54) is 12.8 Å². The third-order valence-corrected chi connectivity index (χ3v) is 3.40. The summed E-state index contributed by atoms with van der Waals surface area (Å²) in [7, 11) is 0. The van der Waals surface area contributed by atoms with Crippen molar-refractivity contribution in [2.45, 2.75) is 38.6 Å². The maximum Gasteiger partial charge on any atom is 0.356 e. The van der Waals surface area contributed by atoms with Gasteiger partial charge in [0.05, 0.1) is 6.04 Å². The lowest BCUT2D eigenvalue weighted by Crippen LogP contribution is -2.08. The van der Waals surface area contributed by atoms with Gasteiger partial charge in [-0.05, 0) is 19.8 Å². The van der Waals surface area contributed by atoms with E-state index < -0.39 is 5.97 Å². The zero-order chi connectivity index (χ0) is 11.0. The smallest absolute Gasteiger partial charge is 0.356 e. The van der Waals surface area contributed by atoms with Gasteiger partial charge in [-0.3, -0.25) is 0 Å². The van der Waals surface area contributed by atoms with Crippen LogP contribution in [0, 0.1) is 6.92 Å². The predicted molar refractivity (Wildman–Crippen MR) is 56.4 cm³/mol. The summed E-state index contributed by atoms with van der Waals surface area (Å²) < 4.78 is 1.67. The summed E-state index contributed by atoms with van der Waals surface area (Å²) in [6.07, 6.45) is 4.42. The van der Waals surface area contributed by atoms with Gasteiger partial charge < -0.3 is 5.11 Å². The monoisotopic (exact) mass is 228 g/mol. The standard InChI is InChI=1S/C10H13ClN2O2/c1-6-8(10(14)15)12-13(9(6)11)7-4-2-3-5-7/h7H,2-5H2,1H3,(H,14,15). The number of nitrogens with zero attached hydrogens (tertiary/aromatic N) is 2. The molecule has 0 atom stereocenters. The van der Waals surface area contributed by atoms with Crippen LogP contribution in [0.4, 0.5) is 0 Å². The molecule has 82 valence electrons. The fourth-order valence-electron chi connectivity index (χ4n) is 2.09. The Labute approximate surface area is 92.8 Å². The number of halogens is 1. The molecular formula is C10H13ClN2O2. The summed E-state index contributed by atoms with van der Waals surface area (Å²) in [5.41, 5.74) is 0.642. The molecule has 0 bridgehead atoms. The van der Waals surface area contributed by atoms with E-state index >= 15 is 0 Å². The van der Waals surface area contributed by atoms with Crippen LogP contribution in [-0.2, 0) is 0 Å². The minimum Gasteiger partial charge on any atom is -0.476 e. The van der Waals surface area contributed by atoms with Crippen LogP contribution in [0.25, 0.3) is 0 Å². The molecule has 2 rings (SSSR count). The van der Waals surface area contributed by atoms with Crippen LogP contribution in [0.3, 0.4) is 0 Å². The minimum atomic E-state index is -1.01. The number of carboxylic acid groups (broad SMARTS) is 1. The summed E-state index contributed by atoms with van der Waals surface area (Å²) in [4.78, 5) is 10.9. The molecule has 1 fully saturated rings. The highest BCUT2D eigenvalue weighted by Gasteiger charge is 2.24. The Bertz CT molecular complexity index is 394. The highest BCUT2D eigenvalue weighted by atomic mass is 35.5. The maximum absolute atomic E-state index is 10.9. The van der Waals surface area contributed by atoms with Gasteiger partial charge in [0.1, 0.15) is 5.15 Å². The maximum atomic E-state index is 10.9. The third-order valence-electron chi connectivity index (χ3n) is 2.95. The summed E-state index contributed by atoms with van der Waals surface area (Å²) in [5, 5.41) is 13.5. The first-order valence-corrected chi connectivity index (χ1v) is 5.47. The fraction of sp³-hybridized carbons (Fsp3) is 0.600. The Hall–Kier alpha value is -1.03. The van der Waals surface area contributed by atoms with Crippen molar-refractivity contribution in [3.63, 3.8) is 0 Å². The van der Waals surface area contributed by atoms with Gasteiger partial charge in [0.25, 0.3) is 0 Å². The molecule has 4 nitrogen and oxygen atoms in total. The first-order chi connectivity index (χ1) is 7.11. The zero-order valence-electron chi connectivity index (χ0n) is 8.53. The van der Waals surface area contributed by atoms with E-state index in [-0.39, 0.29) is 11.7 Å². The Morgan fingerprint density at radius 2 is 2.13 bits per heavy atom. The normalized spacial score (nSPS) is 17.2. The number of hydrogen-bond acceptors (Lipinski definition) is 2. The Morgan fingerprint density at radius 3 is 2.60 bits per heavy atom. The second-order valence-corrected chi connectivity index (χ2v) is 4.31. The molecule has 5 heteroatoms. The van der Waals surface area contributed by atoms with E-state index in [1.54, 1.807) is 11.6 Å². The van der Waals surface area contributed by atoms with Gasteiger partial charge in [-0.25, -0.2) is 9.48 Å². The topological polar surface area (TPSA) is 55.1 Å². The van der Waals surface area contributed by atoms with Crippen molar-refractivity contribution in [2.24, 2.45) is 0 Å². The number of rotatable bonds is 2. The quantitative estimate of drug-likeness (QED) is 0.847. The Kier molecular flexibility index (Phi) is 2.69. The highest BCUT2D eigenvalue weighted by molar-refractivity contribution is 6.30. The molecule has 0 aliphatic heterocycles. The van der Waals surface area contributed by atoms with Gasteiger partial charge in [0.2, 0.25) is 0 Å². The molecule has 0 unspecified atom stereocenters. The van der Waals surface area contributed by atoms with Crippen molar-refractivity contribution in [1.29, 1.82) is 0 Å². The lowest BCUT2D eigenvalue weighted by Gasteiger charge is -2.10. The van der Waals surface area contributed by atoms with Crippen molar-refractivity contribution in [3.05, 3.63) is 16.4 Å². The number of aromatic nitrogens is 2. The van der Waals surface area contributed by atoms with E-state index in [0.717, 1.165) is 12.8 Å². The Balaban J connectivity index is 2.39. The molecule has 1 aliphatic rings. The molecule has 1 N–H and O–H groups in total. The van der Waals surface area contributed by atoms with Crippen LogP contribution in [0.2, 0.25) is 5.15 Å². The summed E-state index contributed by atoms with van der Waals surface area (Å²) in [6, 6.07) is 0.282. The molecule has 0 amide bonds. The van der Waals surface area contributed by atoms with Crippen LogP contribution in [0.1, 0.15) is 47.8 Å². The van der Waals surface area contributed by atoms with Crippen LogP contribution in [0.15, 0.2) is 0 Å². The van der Waals surface area contributed by atoms with Crippen molar-refractivity contribution in [2.75, 3.05) is 0 Å². The fourth-order valence-corrected chi connectivity index (χ4v) is 2.36. The molecular weight excluding hydrogens is 216 g/mol. The number of carboxylic acids is 1. The lowest BCUT2D eigenvalue weighted by atomic mass is 10.2. The SMILES string of the molecule is Cc1c(C(=O)O)nn(C2CCCC2)c1Cl. The van der Waals surface area contributed by atoms with Crippen LogP contribution >= 0.6 is 11.6 Å². The van der Waals surface area contributed by atoms with Crippen LogP contribution in [-0.4, -0.2) is 20.9 Å². The van der Waals surface area contributed by atoms with E-state index in [4.69, 9.17) is 16.7 Å². The Morgan fingerprint density at radius 1 is 1.53 bits per heavy atom. The molecule has 0 spiro atoms. The average Bonchev–Trinajstić information content (AvgIpc) is 2.77. The van der Waals surface area contributed by atoms with Gasteiger partial charge in [0.15, 0.2) is 5.69 Å². The largest absolute Gasteiger partial charge is 0.476 e. The average molecular weight is 229 g/mol. The number of hydrogen-bond donors (Lipinski definition) is 1. The molecule has 15 heavy (non-hydrogen) atoms. The molecule has 0 radical (unpaired) electrons. The summed E-state index contributed by atoms with van der Waals surface area (Å²) in [5.74, 6) is -1.01. The van der Waals surface area contributed by atoms with E-state index in [9.17, 15) is 4.79 Å². The molecule has 1 aliphatic carbocycles. The second kappa shape index (κ2) is 3.85. The predicted octanol–water partition coefficient (Wildman–Crippen LogP) is 2.66. The van der Waals surface area contributed by atoms with Crippen LogP contribution in [0.5, 0.6) is 0 Å². The first-order valence-electron chi connectivity index (χ1n) is 5.09. The van der Waals surface area contributed by atoms with E-state index in [1.807, 2.05) is 0 Å². The molecule has 1 saturated carbocycles. The first kappa shape index (κ1) is 10.5. The minimum absolute atomic E-state index is 0.0758. The number of aromatic carboxylic acids is 1. The molecule has 1 heterocycles. The molecule has 1 aromatic heterocycles. The molecule has 1 aromatic rings. The van der Waals surface area contributed by atoms with Gasteiger partial charge in [-0.15, -0.1) is 0 Å². The van der Waals surface area contributed by atoms with Crippen LogP contribution < -0.4 is 0 Å². The summed E-state index contributed by atoms with van der Waals surface area (Å²) >= 11 is 6.08. The van der Waals surface area contributed by atoms with Crippen molar-refractivity contribution >= 4 is 17.6 Å². The summed E-state index contributed by atoms with van der Waals surface area (Å²) in [6.45, 7) is 1.70. The van der Waals surface area contributed by atoms with Crippen molar-refractivity contribution < 1.29 is 9.90 Å². The number of carbonyl (C=O) groups is 1. The van der Waals surface area contributed by atoms with Gasteiger partial charge in [0, 0.05) is 5.56 Å². The van der Waals surface area contributed by atoms with Gasteiger partial charge >= 0.3 is 5.97 Å². The van der Waals surface area contributed by atoms with E-state index in [2.05, 4.69) is 5.10 Å². The van der Waals surface area contributed by atoms with Gasteiger partial charge in [-0.1, -0.05) is 24.4 Å². The third kappa shape index (κ3) is 1.74. The zero-order valence-corrected chi connectivity index (χ0v) is 9.29. The van der Waals surface area contributed by atoms with Crippen molar-refractivity contribution in [3.8, 4) is 0 Å². The van der Waals surface area contributed by atoms with Gasteiger partial charge in [-0.2, -0.15) is 5.10 Å². The highest BCUT2D eigenvalue weighted by Crippen LogP contribution is 2.33. The molecule has 0 saturated heterocycles. The van der Waals surface area contributed by atoms with Crippen molar-refractivity contribution in [1.82, 2.24) is 9.78 Å². The van der Waals surface area contributed by atoms with E-state index in [0.29, 0.717) is 10.7 Å². The lowest BCUT2D eigenvalue weighted by molar-refractivity contribution is 0.0688. The second-order valence-electron chi connectivity index (χ2n) is 3.95.